The molecule has 0 saturated carbocycles. The number of hydrogen-bond acceptors (Lipinski definition) is 2. The summed E-state index contributed by atoms with van der Waals surface area (Å²) in [7, 11) is 0. The maximum Gasteiger partial charge on any atom is 0.182 e. The van der Waals surface area contributed by atoms with Gasteiger partial charge in [-0.05, 0) is 26.0 Å². The molecule has 0 radical (unpaired) electrons. The second-order valence-corrected chi connectivity index (χ2v) is 2.82. The van der Waals surface area contributed by atoms with Crippen molar-refractivity contribution in [1.29, 1.82) is 0 Å². The molecule has 0 N–H and O–H groups in total. The molecule has 0 amide bonds. The smallest absolute Gasteiger partial charge is 0.182 e. The van der Waals surface area contributed by atoms with Crippen molar-refractivity contribution >= 4 is 11.6 Å². The van der Waals surface area contributed by atoms with Crippen LogP contribution in [0.4, 0.5) is 0 Å². The molecule has 0 heterocycles. The lowest BCUT2D eigenvalue weighted by Gasteiger charge is -2.07. The summed E-state index contributed by atoms with van der Waals surface area (Å²) in [6.07, 6.45) is 2.96. The molecule has 0 bridgehead atoms. The van der Waals surface area contributed by atoms with Crippen LogP contribution in [0, 0.1) is 0 Å². The van der Waals surface area contributed by atoms with E-state index in [1.165, 1.54) is 12.2 Å². The Hall–Kier alpha value is -1.18. The molecule has 11 heavy (non-hydrogen) atoms. The van der Waals surface area contributed by atoms with Gasteiger partial charge in [0.05, 0.1) is 0 Å². The Bertz CT molecular complexity index is 265. The van der Waals surface area contributed by atoms with Gasteiger partial charge >= 0.3 is 0 Å². The molecule has 0 aromatic rings. The Morgan fingerprint density at radius 1 is 1.27 bits per heavy atom. The van der Waals surface area contributed by atoms with Crippen LogP contribution in [0.5, 0.6) is 0 Å². The molecule has 0 aromatic heterocycles. The first kappa shape index (κ1) is 7.92. The first-order valence-corrected chi connectivity index (χ1v) is 3.53. The molecule has 0 aromatic carbocycles. The third kappa shape index (κ3) is 1.64. The van der Waals surface area contributed by atoms with Crippen LogP contribution in [0.3, 0.4) is 0 Å². The second-order valence-electron chi connectivity index (χ2n) is 2.82. The third-order valence-electron chi connectivity index (χ3n) is 1.67. The molecular weight excluding hydrogens is 140 g/mol. The minimum absolute atomic E-state index is 0.0146. The summed E-state index contributed by atoms with van der Waals surface area (Å²) in [6, 6.07) is 0. The Balaban J connectivity index is 3.03. The lowest BCUT2D eigenvalue weighted by Crippen LogP contribution is -2.11. The Labute approximate surface area is 65.6 Å². The van der Waals surface area contributed by atoms with Crippen molar-refractivity contribution in [2.75, 3.05) is 0 Å². The molecule has 1 aliphatic carbocycles. The maximum atomic E-state index is 11.1. The highest BCUT2D eigenvalue weighted by Gasteiger charge is 2.15. The van der Waals surface area contributed by atoms with Gasteiger partial charge in [0.15, 0.2) is 11.6 Å². The zero-order chi connectivity index (χ0) is 8.43. The van der Waals surface area contributed by atoms with Crippen molar-refractivity contribution in [3.05, 3.63) is 23.3 Å². The predicted octanol–water partition coefficient (Wildman–Crippen LogP) is 1.42. The summed E-state index contributed by atoms with van der Waals surface area (Å²) in [4.78, 5) is 21.9. The van der Waals surface area contributed by atoms with Gasteiger partial charge in [-0.15, -0.1) is 0 Å². The Morgan fingerprint density at radius 2 is 1.91 bits per heavy atom. The average molecular weight is 150 g/mol. The quantitative estimate of drug-likeness (QED) is 0.489. The van der Waals surface area contributed by atoms with E-state index >= 15 is 0 Å². The maximum absolute atomic E-state index is 11.1. The standard InChI is InChI=1S/C9H10O2/c1-6(2)8-5-7(10)3-4-9(8)11/h3-4H,5H2,1-2H3. The van der Waals surface area contributed by atoms with Gasteiger partial charge in [0.1, 0.15) is 0 Å². The van der Waals surface area contributed by atoms with E-state index in [1.807, 2.05) is 13.8 Å². The first-order chi connectivity index (χ1) is 5.11. The van der Waals surface area contributed by atoms with E-state index in [0.29, 0.717) is 5.57 Å². The van der Waals surface area contributed by atoms with Crippen LogP contribution in [0.25, 0.3) is 0 Å². The van der Waals surface area contributed by atoms with Gasteiger partial charge in [-0.1, -0.05) is 5.57 Å². The van der Waals surface area contributed by atoms with Crippen LogP contribution < -0.4 is 0 Å². The van der Waals surface area contributed by atoms with Gasteiger partial charge in [-0.3, -0.25) is 9.59 Å². The van der Waals surface area contributed by atoms with Crippen molar-refractivity contribution < 1.29 is 9.59 Å². The van der Waals surface area contributed by atoms with E-state index in [0.717, 1.165) is 5.57 Å². The molecule has 0 spiro atoms. The second kappa shape index (κ2) is 2.82. The molecule has 2 nitrogen and oxygen atoms in total. The van der Waals surface area contributed by atoms with E-state index in [-0.39, 0.29) is 18.0 Å². The molecule has 0 unspecified atom stereocenters. The van der Waals surface area contributed by atoms with Crippen LogP contribution in [0.15, 0.2) is 23.3 Å². The highest BCUT2D eigenvalue weighted by molar-refractivity contribution is 6.15. The molecule has 1 rings (SSSR count). The van der Waals surface area contributed by atoms with Gasteiger partial charge in [0, 0.05) is 12.0 Å². The summed E-state index contributed by atoms with van der Waals surface area (Å²) >= 11 is 0. The largest absolute Gasteiger partial charge is 0.294 e. The van der Waals surface area contributed by atoms with Gasteiger partial charge < -0.3 is 0 Å². The van der Waals surface area contributed by atoms with Crippen molar-refractivity contribution in [1.82, 2.24) is 0 Å². The SMILES string of the molecule is CC(C)=C1CC(=O)C=CC1=O. The first-order valence-electron chi connectivity index (χ1n) is 3.53. The molecule has 58 valence electrons. The molecule has 0 fully saturated rings. The highest BCUT2D eigenvalue weighted by Crippen LogP contribution is 2.15. The summed E-state index contributed by atoms with van der Waals surface area (Å²) in [5, 5.41) is 0. The van der Waals surface area contributed by atoms with Gasteiger partial charge in [-0.25, -0.2) is 0 Å². The molecular formula is C9H10O2. The number of rotatable bonds is 0. The lowest BCUT2D eigenvalue weighted by molar-refractivity contribution is -0.118. The monoisotopic (exact) mass is 150 g/mol. The van der Waals surface area contributed by atoms with E-state index in [9.17, 15) is 9.59 Å². The fourth-order valence-corrected chi connectivity index (χ4v) is 1.01. The van der Waals surface area contributed by atoms with Crippen molar-refractivity contribution in [2.45, 2.75) is 20.3 Å². The normalized spacial score (nSPS) is 17.5. The van der Waals surface area contributed by atoms with Crippen molar-refractivity contribution in [3.8, 4) is 0 Å². The van der Waals surface area contributed by atoms with Gasteiger partial charge in [-0.2, -0.15) is 0 Å². The lowest BCUT2D eigenvalue weighted by atomic mass is 9.95. The Kier molecular flexibility index (Phi) is 2.03. The van der Waals surface area contributed by atoms with E-state index in [4.69, 9.17) is 0 Å². The van der Waals surface area contributed by atoms with Gasteiger partial charge in [0.25, 0.3) is 0 Å². The predicted molar refractivity (Wildman–Crippen MR) is 42.1 cm³/mol. The number of carbonyl (C=O) groups is 2. The summed E-state index contributed by atoms with van der Waals surface area (Å²) in [5.74, 6) is -0.00889. The fourth-order valence-electron chi connectivity index (χ4n) is 1.01. The minimum Gasteiger partial charge on any atom is -0.294 e. The average Bonchev–Trinajstić information content (AvgIpc) is 1.94. The van der Waals surface area contributed by atoms with E-state index in [2.05, 4.69) is 0 Å². The van der Waals surface area contributed by atoms with Crippen LogP contribution in [0.2, 0.25) is 0 Å². The van der Waals surface area contributed by atoms with Gasteiger partial charge in [0.2, 0.25) is 0 Å². The number of hydrogen-bond donors (Lipinski definition) is 0. The number of carbonyl (C=O) groups excluding carboxylic acids is 2. The molecule has 0 atom stereocenters. The molecule has 0 saturated heterocycles. The molecule has 2 heteroatoms. The van der Waals surface area contributed by atoms with Crippen molar-refractivity contribution in [2.24, 2.45) is 0 Å². The van der Waals surface area contributed by atoms with Crippen LogP contribution in [-0.4, -0.2) is 11.6 Å². The van der Waals surface area contributed by atoms with Crippen LogP contribution in [-0.2, 0) is 9.59 Å². The van der Waals surface area contributed by atoms with Crippen LogP contribution in [0.1, 0.15) is 20.3 Å². The Morgan fingerprint density at radius 3 is 2.36 bits per heavy atom. The van der Waals surface area contributed by atoms with Crippen molar-refractivity contribution in [3.63, 3.8) is 0 Å². The van der Waals surface area contributed by atoms with E-state index < -0.39 is 0 Å². The number of ketones is 2. The van der Waals surface area contributed by atoms with E-state index in [1.54, 1.807) is 0 Å². The molecule has 1 aliphatic rings. The zero-order valence-electron chi connectivity index (χ0n) is 6.68. The van der Waals surface area contributed by atoms with Crippen LogP contribution >= 0.6 is 0 Å². The fraction of sp³-hybridized carbons (Fsp3) is 0.333. The number of allylic oxidation sites excluding steroid dienone is 4. The summed E-state index contributed by atoms with van der Waals surface area (Å²) < 4.78 is 0. The topological polar surface area (TPSA) is 34.1 Å². The third-order valence-corrected chi connectivity index (χ3v) is 1.67. The zero-order valence-corrected chi connectivity index (χ0v) is 6.68. The minimum atomic E-state index is -0.0235. The summed E-state index contributed by atoms with van der Waals surface area (Å²) in [6.45, 7) is 3.69. The molecule has 0 aliphatic heterocycles. The summed E-state index contributed by atoms with van der Waals surface area (Å²) in [5.41, 5.74) is 1.59. The highest BCUT2D eigenvalue weighted by atomic mass is 16.1.